The zero-order valence-electron chi connectivity index (χ0n) is 8.00. The average molecular weight is 194 g/mol. The van der Waals surface area contributed by atoms with Gasteiger partial charge in [0.05, 0.1) is 6.21 Å². The first-order chi connectivity index (χ1) is 6.87. The first kappa shape index (κ1) is 9.18. The van der Waals surface area contributed by atoms with E-state index in [-0.39, 0.29) is 5.54 Å². The van der Waals surface area contributed by atoms with Crippen molar-refractivity contribution in [2.45, 2.75) is 37.6 Å². The third kappa shape index (κ3) is 1.49. The van der Waals surface area contributed by atoms with E-state index in [1.54, 1.807) is 17.2 Å². The van der Waals surface area contributed by atoms with Gasteiger partial charge in [-0.1, -0.05) is 24.4 Å². The molecule has 0 aliphatic heterocycles. The molecular formula is C9H14N4O. The van der Waals surface area contributed by atoms with Crippen molar-refractivity contribution in [2.75, 3.05) is 0 Å². The fourth-order valence-electron chi connectivity index (χ4n) is 2.13. The summed E-state index contributed by atoms with van der Waals surface area (Å²) in [6.07, 6.45) is 10.3. The van der Waals surface area contributed by atoms with Gasteiger partial charge in [-0.05, 0) is 12.8 Å². The first-order valence-electron chi connectivity index (χ1n) is 4.91. The van der Waals surface area contributed by atoms with Crippen LogP contribution in [0.5, 0.6) is 0 Å². The number of oxime groups is 1. The van der Waals surface area contributed by atoms with Gasteiger partial charge < -0.3 is 5.21 Å². The van der Waals surface area contributed by atoms with Crippen LogP contribution in [0.3, 0.4) is 0 Å². The van der Waals surface area contributed by atoms with Crippen LogP contribution in [0.4, 0.5) is 0 Å². The first-order valence-corrected chi connectivity index (χ1v) is 4.91. The second-order valence-corrected chi connectivity index (χ2v) is 3.75. The molecule has 0 bridgehead atoms. The Morgan fingerprint density at radius 1 is 1.36 bits per heavy atom. The van der Waals surface area contributed by atoms with Gasteiger partial charge in [0.2, 0.25) is 0 Å². The molecule has 5 nitrogen and oxygen atoms in total. The van der Waals surface area contributed by atoms with Gasteiger partial charge in [0.15, 0.2) is 0 Å². The Morgan fingerprint density at radius 2 is 2.14 bits per heavy atom. The summed E-state index contributed by atoms with van der Waals surface area (Å²) in [4.78, 5) is 3.93. The van der Waals surface area contributed by atoms with Crippen molar-refractivity contribution in [1.82, 2.24) is 14.8 Å². The molecule has 1 fully saturated rings. The Balaban J connectivity index is 2.30. The number of nitrogens with zero attached hydrogens (tertiary/aromatic N) is 4. The average Bonchev–Trinajstić information content (AvgIpc) is 2.73. The summed E-state index contributed by atoms with van der Waals surface area (Å²) in [5.74, 6) is 0. The van der Waals surface area contributed by atoms with Crippen molar-refractivity contribution in [1.29, 1.82) is 0 Å². The van der Waals surface area contributed by atoms with Crippen LogP contribution in [0, 0.1) is 0 Å². The van der Waals surface area contributed by atoms with Crippen LogP contribution in [-0.4, -0.2) is 26.2 Å². The van der Waals surface area contributed by atoms with E-state index in [2.05, 4.69) is 15.2 Å². The molecule has 76 valence electrons. The van der Waals surface area contributed by atoms with Crippen LogP contribution in [0.1, 0.15) is 32.1 Å². The minimum absolute atomic E-state index is 0.247. The maximum Gasteiger partial charge on any atom is 0.137 e. The summed E-state index contributed by atoms with van der Waals surface area (Å²) >= 11 is 0. The SMILES string of the molecule is ON=CC1(n2cncn2)CCCCC1. The summed E-state index contributed by atoms with van der Waals surface area (Å²) in [5.41, 5.74) is -0.247. The van der Waals surface area contributed by atoms with Crippen LogP contribution in [0.2, 0.25) is 0 Å². The highest BCUT2D eigenvalue weighted by Gasteiger charge is 2.33. The second-order valence-electron chi connectivity index (χ2n) is 3.75. The van der Waals surface area contributed by atoms with Crippen molar-refractivity contribution < 1.29 is 5.21 Å². The lowest BCUT2D eigenvalue weighted by molar-refractivity contribution is 0.249. The van der Waals surface area contributed by atoms with E-state index in [0.717, 1.165) is 25.7 Å². The minimum atomic E-state index is -0.247. The predicted octanol–water partition coefficient (Wildman–Crippen LogP) is 1.40. The van der Waals surface area contributed by atoms with Crippen LogP contribution in [0.25, 0.3) is 0 Å². The number of rotatable bonds is 2. The summed E-state index contributed by atoms with van der Waals surface area (Å²) < 4.78 is 1.80. The quantitative estimate of drug-likeness (QED) is 0.439. The Bertz CT molecular complexity index is 301. The Labute approximate surface area is 82.5 Å². The molecule has 0 spiro atoms. The van der Waals surface area contributed by atoms with Crippen molar-refractivity contribution >= 4 is 6.21 Å². The lowest BCUT2D eigenvalue weighted by Crippen LogP contribution is -2.38. The van der Waals surface area contributed by atoms with Gasteiger partial charge in [0.1, 0.15) is 18.2 Å². The lowest BCUT2D eigenvalue weighted by Gasteiger charge is -2.32. The van der Waals surface area contributed by atoms with E-state index >= 15 is 0 Å². The lowest BCUT2D eigenvalue weighted by atomic mass is 9.83. The highest BCUT2D eigenvalue weighted by atomic mass is 16.4. The summed E-state index contributed by atoms with van der Waals surface area (Å²) in [5, 5.41) is 16.0. The molecule has 1 aliphatic carbocycles. The molecular weight excluding hydrogens is 180 g/mol. The van der Waals surface area contributed by atoms with Crippen molar-refractivity contribution in [3.05, 3.63) is 12.7 Å². The van der Waals surface area contributed by atoms with Crippen molar-refractivity contribution in [3.63, 3.8) is 0 Å². The Morgan fingerprint density at radius 3 is 2.71 bits per heavy atom. The molecule has 14 heavy (non-hydrogen) atoms. The van der Waals surface area contributed by atoms with Gasteiger partial charge in [0, 0.05) is 0 Å². The number of aromatic nitrogens is 3. The molecule has 0 atom stereocenters. The molecule has 0 unspecified atom stereocenters. The van der Waals surface area contributed by atoms with E-state index in [1.165, 1.54) is 12.7 Å². The largest absolute Gasteiger partial charge is 0.411 e. The molecule has 0 aromatic carbocycles. The highest BCUT2D eigenvalue weighted by Crippen LogP contribution is 2.32. The third-order valence-corrected chi connectivity index (χ3v) is 2.89. The fraction of sp³-hybridized carbons (Fsp3) is 0.667. The minimum Gasteiger partial charge on any atom is -0.411 e. The molecule has 1 N–H and O–H groups in total. The zero-order valence-corrected chi connectivity index (χ0v) is 8.00. The van der Waals surface area contributed by atoms with E-state index < -0.39 is 0 Å². The van der Waals surface area contributed by atoms with Crippen molar-refractivity contribution in [3.8, 4) is 0 Å². The standard InChI is InChI=1S/C9H14N4O/c14-12-6-9(4-2-1-3-5-9)13-8-10-7-11-13/h6-8,14H,1-5H2. The maximum absolute atomic E-state index is 8.69. The summed E-state index contributed by atoms with van der Waals surface area (Å²) in [6, 6.07) is 0. The molecule has 0 saturated heterocycles. The van der Waals surface area contributed by atoms with Crippen LogP contribution < -0.4 is 0 Å². The number of hydrogen-bond acceptors (Lipinski definition) is 4. The Hall–Kier alpha value is -1.39. The molecule has 1 aromatic heterocycles. The molecule has 1 heterocycles. The third-order valence-electron chi connectivity index (χ3n) is 2.89. The van der Waals surface area contributed by atoms with Crippen LogP contribution >= 0.6 is 0 Å². The Kier molecular flexibility index (Phi) is 2.47. The molecule has 0 amide bonds. The van der Waals surface area contributed by atoms with Gasteiger partial charge in [-0.15, -0.1) is 0 Å². The molecule has 1 saturated carbocycles. The second kappa shape index (κ2) is 3.77. The topological polar surface area (TPSA) is 63.3 Å². The highest BCUT2D eigenvalue weighted by molar-refractivity contribution is 5.67. The molecule has 1 aromatic rings. The summed E-state index contributed by atoms with van der Waals surface area (Å²) in [6.45, 7) is 0. The predicted molar refractivity (Wildman–Crippen MR) is 51.4 cm³/mol. The smallest absolute Gasteiger partial charge is 0.137 e. The monoisotopic (exact) mass is 194 g/mol. The van der Waals surface area contributed by atoms with Gasteiger partial charge in [0.25, 0.3) is 0 Å². The molecule has 0 radical (unpaired) electrons. The normalized spacial score (nSPS) is 21.4. The van der Waals surface area contributed by atoms with Crippen LogP contribution in [0.15, 0.2) is 17.8 Å². The van der Waals surface area contributed by atoms with Gasteiger partial charge in [-0.3, -0.25) is 0 Å². The molecule has 1 aliphatic rings. The van der Waals surface area contributed by atoms with E-state index in [4.69, 9.17) is 5.21 Å². The van der Waals surface area contributed by atoms with E-state index in [0.29, 0.717) is 0 Å². The van der Waals surface area contributed by atoms with E-state index in [1.807, 2.05) is 0 Å². The van der Waals surface area contributed by atoms with Crippen molar-refractivity contribution in [2.24, 2.45) is 5.16 Å². The molecule has 5 heteroatoms. The fourth-order valence-corrected chi connectivity index (χ4v) is 2.13. The number of hydrogen-bond donors (Lipinski definition) is 1. The molecule has 2 rings (SSSR count). The summed E-state index contributed by atoms with van der Waals surface area (Å²) in [7, 11) is 0. The van der Waals surface area contributed by atoms with Gasteiger partial charge >= 0.3 is 0 Å². The zero-order chi connectivity index (χ0) is 9.86. The maximum atomic E-state index is 8.69. The van der Waals surface area contributed by atoms with Gasteiger partial charge in [-0.25, -0.2) is 9.67 Å². The van der Waals surface area contributed by atoms with E-state index in [9.17, 15) is 0 Å². The van der Waals surface area contributed by atoms with Crippen LogP contribution in [-0.2, 0) is 5.54 Å². The van der Waals surface area contributed by atoms with Gasteiger partial charge in [-0.2, -0.15) is 5.10 Å².